The minimum atomic E-state index is 0.0785. The Labute approximate surface area is 162 Å². The third-order valence-electron chi connectivity index (χ3n) is 5.82. The molecule has 0 spiro atoms. The zero-order valence-electron chi connectivity index (χ0n) is 15.5. The molecule has 27 heavy (non-hydrogen) atoms. The van der Waals surface area contributed by atoms with Gasteiger partial charge in [-0.15, -0.1) is 0 Å². The number of carbonyl (C=O) groups is 1. The molecule has 3 heterocycles. The number of carbonyl (C=O) groups excluding carboxylic acids is 1. The number of aromatic amines is 2. The number of amides is 1. The molecule has 1 aliphatic carbocycles. The molecule has 4 rings (SSSR count). The van der Waals surface area contributed by atoms with Crippen molar-refractivity contribution in [3.05, 3.63) is 38.2 Å². The quantitative estimate of drug-likeness (QED) is 0.703. The molecule has 1 saturated carbocycles. The molecule has 0 saturated heterocycles. The predicted octanol–water partition coefficient (Wildman–Crippen LogP) is 1.83. The van der Waals surface area contributed by atoms with Gasteiger partial charge in [-0.05, 0) is 57.1 Å². The van der Waals surface area contributed by atoms with Crippen LogP contribution in [-0.4, -0.2) is 45.1 Å². The predicted molar refractivity (Wildman–Crippen MR) is 105 cm³/mol. The van der Waals surface area contributed by atoms with Crippen molar-refractivity contribution in [1.82, 2.24) is 25.4 Å². The van der Waals surface area contributed by atoms with Gasteiger partial charge in [0, 0.05) is 41.6 Å². The first-order chi connectivity index (χ1) is 13.2. The lowest BCUT2D eigenvalue weighted by molar-refractivity contribution is -0.121. The molecule has 146 valence electrons. The summed E-state index contributed by atoms with van der Waals surface area (Å²) < 4.78 is 0. The van der Waals surface area contributed by atoms with Crippen LogP contribution in [0.25, 0.3) is 0 Å². The number of aromatic nitrogens is 3. The standard InChI is InChI=1S/C19H27N5O2S/c25-18(11-15-5-8-20-23-15)21-14-3-1-13(2-4-14)6-9-24-10-7-17-16(12-24)22-19(26)27-17/h5,8,13-14H,1-4,6-7,9-12H2,(H,20,23)(H,21,25)(H,22,26). The molecule has 0 aromatic carbocycles. The van der Waals surface area contributed by atoms with Crippen molar-refractivity contribution >= 4 is 17.2 Å². The average molecular weight is 390 g/mol. The largest absolute Gasteiger partial charge is 0.353 e. The molecule has 1 aliphatic heterocycles. The number of thiazole rings is 1. The number of nitrogens with zero attached hydrogens (tertiary/aromatic N) is 2. The summed E-state index contributed by atoms with van der Waals surface area (Å²) in [6.45, 7) is 3.03. The lowest BCUT2D eigenvalue weighted by Crippen LogP contribution is -2.39. The van der Waals surface area contributed by atoms with Gasteiger partial charge in [0.25, 0.3) is 0 Å². The molecule has 2 aromatic heterocycles. The Morgan fingerprint density at radius 1 is 1.33 bits per heavy atom. The highest BCUT2D eigenvalue weighted by molar-refractivity contribution is 7.09. The van der Waals surface area contributed by atoms with Crippen LogP contribution >= 0.6 is 11.3 Å². The van der Waals surface area contributed by atoms with E-state index in [0.29, 0.717) is 12.5 Å². The highest BCUT2D eigenvalue weighted by Crippen LogP contribution is 2.28. The summed E-state index contributed by atoms with van der Waals surface area (Å²) in [6.07, 6.45) is 8.76. The third kappa shape index (κ3) is 4.87. The van der Waals surface area contributed by atoms with Gasteiger partial charge in [0.15, 0.2) is 0 Å². The number of H-pyrrole nitrogens is 2. The Kier molecular flexibility index (Phi) is 5.73. The molecule has 0 unspecified atom stereocenters. The molecule has 2 aromatic rings. The second-order valence-electron chi connectivity index (χ2n) is 7.77. The smallest absolute Gasteiger partial charge is 0.304 e. The molecule has 0 radical (unpaired) electrons. The number of rotatable bonds is 6. The van der Waals surface area contributed by atoms with E-state index in [4.69, 9.17) is 0 Å². The minimum Gasteiger partial charge on any atom is -0.353 e. The Bertz CT molecular complexity index is 804. The van der Waals surface area contributed by atoms with Crippen LogP contribution in [0.4, 0.5) is 0 Å². The van der Waals surface area contributed by atoms with Crippen molar-refractivity contribution in [2.45, 2.75) is 57.5 Å². The molecule has 1 amide bonds. The van der Waals surface area contributed by atoms with Crippen LogP contribution in [0.5, 0.6) is 0 Å². The number of nitrogens with one attached hydrogen (secondary N) is 3. The average Bonchev–Trinajstić information content (AvgIpc) is 3.29. The van der Waals surface area contributed by atoms with Crippen LogP contribution in [0.3, 0.4) is 0 Å². The Morgan fingerprint density at radius 2 is 2.19 bits per heavy atom. The summed E-state index contributed by atoms with van der Waals surface area (Å²) in [4.78, 5) is 30.3. The molecule has 0 bridgehead atoms. The van der Waals surface area contributed by atoms with Crippen molar-refractivity contribution in [2.24, 2.45) is 5.92 Å². The molecule has 7 nitrogen and oxygen atoms in total. The maximum atomic E-state index is 12.1. The van der Waals surface area contributed by atoms with Crippen molar-refractivity contribution in [3.63, 3.8) is 0 Å². The maximum absolute atomic E-state index is 12.1. The van der Waals surface area contributed by atoms with Crippen LogP contribution in [0.2, 0.25) is 0 Å². The van der Waals surface area contributed by atoms with Crippen molar-refractivity contribution in [2.75, 3.05) is 13.1 Å². The van der Waals surface area contributed by atoms with Crippen LogP contribution < -0.4 is 10.2 Å². The van der Waals surface area contributed by atoms with Crippen LogP contribution in [0.15, 0.2) is 17.1 Å². The van der Waals surface area contributed by atoms with E-state index in [1.54, 1.807) is 6.20 Å². The fourth-order valence-corrected chi connectivity index (χ4v) is 5.10. The fourth-order valence-electron chi connectivity index (χ4n) is 4.27. The topological polar surface area (TPSA) is 93.9 Å². The lowest BCUT2D eigenvalue weighted by atomic mass is 9.84. The summed E-state index contributed by atoms with van der Waals surface area (Å²) in [7, 11) is 0. The van der Waals surface area contributed by atoms with E-state index in [2.05, 4.69) is 25.4 Å². The van der Waals surface area contributed by atoms with Gasteiger partial charge in [-0.2, -0.15) is 5.10 Å². The second-order valence-corrected chi connectivity index (χ2v) is 8.84. The van der Waals surface area contributed by atoms with Gasteiger partial charge in [0.1, 0.15) is 0 Å². The van der Waals surface area contributed by atoms with Gasteiger partial charge < -0.3 is 10.3 Å². The first-order valence-corrected chi connectivity index (χ1v) is 10.7. The van der Waals surface area contributed by atoms with Gasteiger partial charge in [-0.3, -0.25) is 19.6 Å². The minimum absolute atomic E-state index is 0.0785. The van der Waals surface area contributed by atoms with E-state index in [9.17, 15) is 9.59 Å². The highest BCUT2D eigenvalue weighted by atomic mass is 32.1. The summed E-state index contributed by atoms with van der Waals surface area (Å²) >= 11 is 1.37. The highest BCUT2D eigenvalue weighted by Gasteiger charge is 2.24. The van der Waals surface area contributed by atoms with Gasteiger partial charge >= 0.3 is 4.87 Å². The van der Waals surface area contributed by atoms with Gasteiger partial charge in [-0.1, -0.05) is 11.3 Å². The van der Waals surface area contributed by atoms with E-state index in [1.807, 2.05) is 6.07 Å². The lowest BCUT2D eigenvalue weighted by Gasteiger charge is -2.32. The SMILES string of the molecule is O=C(Cc1ccn[nH]1)NC1CCC(CCN2CCc3sc(=O)[nH]c3C2)CC1. The van der Waals surface area contributed by atoms with Crippen molar-refractivity contribution < 1.29 is 4.79 Å². The first kappa shape index (κ1) is 18.4. The summed E-state index contributed by atoms with van der Waals surface area (Å²) in [5.74, 6) is 0.824. The fraction of sp³-hybridized carbons (Fsp3) is 0.632. The normalized spacial score (nSPS) is 23.1. The number of hydrogen-bond acceptors (Lipinski definition) is 5. The summed E-state index contributed by atoms with van der Waals surface area (Å²) in [6, 6.07) is 2.15. The molecular weight excluding hydrogens is 362 g/mol. The number of hydrogen-bond donors (Lipinski definition) is 3. The summed E-state index contributed by atoms with van der Waals surface area (Å²) in [5.41, 5.74) is 1.98. The number of fused-ring (bicyclic) bond motifs is 1. The zero-order chi connectivity index (χ0) is 18.6. The van der Waals surface area contributed by atoms with E-state index in [0.717, 1.165) is 56.2 Å². The Balaban J connectivity index is 1.16. The van der Waals surface area contributed by atoms with Gasteiger partial charge in [-0.25, -0.2) is 0 Å². The van der Waals surface area contributed by atoms with Crippen molar-refractivity contribution in [3.8, 4) is 0 Å². The summed E-state index contributed by atoms with van der Waals surface area (Å²) in [5, 5.41) is 9.88. The zero-order valence-corrected chi connectivity index (χ0v) is 16.3. The van der Waals surface area contributed by atoms with Gasteiger partial charge in [0.05, 0.1) is 6.42 Å². The Morgan fingerprint density at radius 3 is 2.96 bits per heavy atom. The Hall–Kier alpha value is -1.93. The molecular formula is C19H27N5O2S. The van der Waals surface area contributed by atoms with Crippen LogP contribution in [0.1, 0.15) is 48.4 Å². The first-order valence-electron chi connectivity index (χ1n) is 9.86. The van der Waals surface area contributed by atoms with Crippen molar-refractivity contribution in [1.29, 1.82) is 0 Å². The van der Waals surface area contributed by atoms with Gasteiger partial charge in [0.2, 0.25) is 5.91 Å². The van der Waals surface area contributed by atoms with E-state index < -0.39 is 0 Å². The monoisotopic (exact) mass is 389 g/mol. The molecule has 0 atom stereocenters. The van der Waals surface area contributed by atoms with E-state index >= 15 is 0 Å². The van der Waals surface area contributed by atoms with E-state index in [-0.39, 0.29) is 10.8 Å². The molecule has 8 heteroatoms. The third-order valence-corrected chi connectivity index (χ3v) is 6.80. The van der Waals surface area contributed by atoms with Crippen LogP contribution in [0, 0.1) is 5.92 Å². The maximum Gasteiger partial charge on any atom is 0.304 e. The second kappa shape index (κ2) is 8.39. The molecule has 3 N–H and O–H groups in total. The van der Waals surface area contributed by atoms with E-state index in [1.165, 1.54) is 35.5 Å². The molecule has 1 fully saturated rings. The molecule has 2 aliphatic rings. The van der Waals surface area contributed by atoms with Crippen LogP contribution in [-0.2, 0) is 24.2 Å².